The molecule has 16 heavy (non-hydrogen) atoms. The largest absolute Gasteiger partial charge is 0.481 e. The lowest BCUT2D eigenvalue weighted by molar-refractivity contribution is -0.141. The van der Waals surface area contributed by atoms with Gasteiger partial charge in [-0.05, 0) is 37.5 Å². The first-order chi connectivity index (χ1) is 7.49. The summed E-state index contributed by atoms with van der Waals surface area (Å²) in [6.07, 6.45) is 1.07. The molecule has 0 spiro atoms. The summed E-state index contributed by atoms with van der Waals surface area (Å²) < 4.78 is 0.976. The number of allylic oxidation sites excluding steroid dienone is 1. The topological polar surface area (TPSA) is 37.3 Å². The van der Waals surface area contributed by atoms with Crippen molar-refractivity contribution in [3.63, 3.8) is 0 Å². The molecule has 1 aromatic rings. The van der Waals surface area contributed by atoms with Crippen molar-refractivity contribution in [3.05, 3.63) is 46.5 Å². The fourth-order valence-corrected chi connectivity index (χ4v) is 2.06. The lowest BCUT2D eigenvalue weighted by atomic mass is 9.94. The van der Waals surface area contributed by atoms with Crippen LogP contribution < -0.4 is 0 Å². The van der Waals surface area contributed by atoms with Gasteiger partial charge in [-0.15, -0.1) is 6.58 Å². The number of aliphatic carboxylic acids is 1. The van der Waals surface area contributed by atoms with E-state index in [1.54, 1.807) is 0 Å². The van der Waals surface area contributed by atoms with Crippen molar-refractivity contribution >= 4 is 21.9 Å². The Bertz CT molecular complexity index is 399. The third-order valence-corrected chi connectivity index (χ3v) is 2.81. The van der Waals surface area contributed by atoms with E-state index >= 15 is 0 Å². The van der Waals surface area contributed by atoms with Gasteiger partial charge < -0.3 is 5.11 Å². The van der Waals surface area contributed by atoms with Gasteiger partial charge in [0.1, 0.15) is 0 Å². The Morgan fingerprint density at radius 3 is 2.75 bits per heavy atom. The third kappa shape index (κ3) is 4.19. The minimum absolute atomic E-state index is 0.383. The highest BCUT2D eigenvalue weighted by Gasteiger charge is 2.17. The van der Waals surface area contributed by atoms with Crippen LogP contribution >= 0.6 is 15.9 Å². The van der Waals surface area contributed by atoms with Crippen LogP contribution in [0.25, 0.3) is 0 Å². The van der Waals surface area contributed by atoms with E-state index < -0.39 is 5.97 Å². The second-order valence-electron chi connectivity index (χ2n) is 4.03. The van der Waals surface area contributed by atoms with E-state index in [-0.39, 0.29) is 5.92 Å². The van der Waals surface area contributed by atoms with Crippen LogP contribution in [0, 0.1) is 5.92 Å². The van der Waals surface area contributed by atoms with Crippen molar-refractivity contribution in [2.24, 2.45) is 5.92 Å². The zero-order valence-corrected chi connectivity index (χ0v) is 10.8. The predicted molar refractivity (Wildman–Crippen MR) is 68.4 cm³/mol. The number of rotatable bonds is 5. The molecule has 0 aliphatic heterocycles. The second-order valence-corrected chi connectivity index (χ2v) is 4.95. The van der Waals surface area contributed by atoms with E-state index in [0.29, 0.717) is 12.8 Å². The normalized spacial score (nSPS) is 12.1. The average Bonchev–Trinajstić information content (AvgIpc) is 2.15. The van der Waals surface area contributed by atoms with E-state index in [4.69, 9.17) is 5.11 Å². The van der Waals surface area contributed by atoms with E-state index in [1.807, 2.05) is 31.2 Å². The van der Waals surface area contributed by atoms with Gasteiger partial charge >= 0.3 is 5.97 Å². The Morgan fingerprint density at radius 1 is 1.56 bits per heavy atom. The lowest BCUT2D eigenvalue weighted by Gasteiger charge is -2.12. The number of benzene rings is 1. The molecular weight excluding hydrogens is 268 g/mol. The van der Waals surface area contributed by atoms with Crippen LogP contribution in [0.15, 0.2) is 40.9 Å². The van der Waals surface area contributed by atoms with Crippen molar-refractivity contribution < 1.29 is 9.90 Å². The Balaban J connectivity index is 2.75. The zero-order chi connectivity index (χ0) is 12.1. The molecule has 0 aliphatic carbocycles. The molecule has 0 saturated carbocycles. The highest BCUT2D eigenvalue weighted by Crippen LogP contribution is 2.19. The van der Waals surface area contributed by atoms with Crippen LogP contribution in [0.2, 0.25) is 0 Å². The first-order valence-electron chi connectivity index (χ1n) is 5.10. The summed E-state index contributed by atoms with van der Waals surface area (Å²) in [5.41, 5.74) is 1.94. The quantitative estimate of drug-likeness (QED) is 0.837. The fourth-order valence-electron chi connectivity index (χ4n) is 1.62. The molecule has 0 bridgehead atoms. The molecule has 1 aromatic carbocycles. The zero-order valence-electron chi connectivity index (χ0n) is 9.24. The van der Waals surface area contributed by atoms with E-state index in [2.05, 4.69) is 22.5 Å². The molecule has 0 saturated heterocycles. The van der Waals surface area contributed by atoms with Crippen LogP contribution in [0.3, 0.4) is 0 Å². The molecule has 86 valence electrons. The molecule has 0 heterocycles. The number of carbonyl (C=O) groups is 1. The number of hydrogen-bond donors (Lipinski definition) is 1. The minimum atomic E-state index is -0.761. The van der Waals surface area contributed by atoms with Crippen molar-refractivity contribution in [1.29, 1.82) is 0 Å². The maximum Gasteiger partial charge on any atom is 0.307 e. The molecule has 1 rings (SSSR count). The van der Waals surface area contributed by atoms with Crippen LogP contribution in [0.1, 0.15) is 18.9 Å². The van der Waals surface area contributed by atoms with Crippen molar-refractivity contribution in [1.82, 2.24) is 0 Å². The first-order valence-corrected chi connectivity index (χ1v) is 5.90. The van der Waals surface area contributed by atoms with Gasteiger partial charge in [0.05, 0.1) is 5.92 Å². The molecule has 0 aromatic heterocycles. The van der Waals surface area contributed by atoms with Gasteiger partial charge in [-0.3, -0.25) is 4.79 Å². The number of carboxylic acid groups (broad SMARTS) is 1. The molecule has 0 amide bonds. The van der Waals surface area contributed by atoms with Crippen LogP contribution in [0.5, 0.6) is 0 Å². The van der Waals surface area contributed by atoms with Gasteiger partial charge in [0.25, 0.3) is 0 Å². The minimum Gasteiger partial charge on any atom is -0.481 e. The molecule has 3 heteroatoms. The standard InChI is InChI=1S/C13H15BrO2/c1-9(2)6-11(13(15)16)7-10-4-3-5-12(14)8-10/h3-5,8,11H,1,6-7H2,2H3,(H,15,16). The van der Waals surface area contributed by atoms with Crippen LogP contribution in [-0.2, 0) is 11.2 Å². The third-order valence-electron chi connectivity index (χ3n) is 2.32. The summed E-state index contributed by atoms with van der Waals surface area (Å²) in [5.74, 6) is -1.14. The average molecular weight is 283 g/mol. The predicted octanol–water partition coefficient (Wildman–Crippen LogP) is 3.66. The maximum absolute atomic E-state index is 11.1. The summed E-state index contributed by atoms with van der Waals surface area (Å²) in [4.78, 5) is 11.1. The van der Waals surface area contributed by atoms with Gasteiger partial charge in [0.15, 0.2) is 0 Å². The molecule has 1 atom stereocenters. The van der Waals surface area contributed by atoms with Gasteiger partial charge in [0, 0.05) is 4.47 Å². The molecule has 0 aliphatic rings. The van der Waals surface area contributed by atoms with E-state index in [9.17, 15) is 4.79 Å². The first kappa shape index (κ1) is 13.0. The second kappa shape index (κ2) is 5.85. The molecule has 1 N–H and O–H groups in total. The van der Waals surface area contributed by atoms with E-state index in [1.165, 1.54) is 0 Å². The number of halogens is 1. The van der Waals surface area contributed by atoms with Gasteiger partial charge in [-0.2, -0.15) is 0 Å². The fraction of sp³-hybridized carbons (Fsp3) is 0.308. The highest BCUT2D eigenvalue weighted by molar-refractivity contribution is 9.10. The van der Waals surface area contributed by atoms with E-state index in [0.717, 1.165) is 15.6 Å². The Labute approximate surface area is 104 Å². The van der Waals surface area contributed by atoms with Gasteiger partial charge in [0.2, 0.25) is 0 Å². The number of carboxylic acids is 1. The lowest BCUT2D eigenvalue weighted by Crippen LogP contribution is -2.16. The van der Waals surface area contributed by atoms with Crippen molar-refractivity contribution in [2.75, 3.05) is 0 Å². The summed E-state index contributed by atoms with van der Waals surface area (Å²) >= 11 is 3.37. The van der Waals surface area contributed by atoms with Gasteiger partial charge in [-0.1, -0.05) is 33.6 Å². The Hall–Kier alpha value is -1.09. The van der Waals surface area contributed by atoms with Crippen molar-refractivity contribution in [3.8, 4) is 0 Å². The van der Waals surface area contributed by atoms with Crippen LogP contribution in [0.4, 0.5) is 0 Å². The van der Waals surface area contributed by atoms with Crippen molar-refractivity contribution in [2.45, 2.75) is 19.8 Å². The molecule has 0 radical (unpaired) electrons. The number of hydrogen-bond acceptors (Lipinski definition) is 1. The molecular formula is C13H15BrO2. The molecule has 1 unspecified atom stereocenters. The summed E-state index contributed by atoms with van der Waals surface area (Å²) in [5, 5.41) is 9.10. The molecule has 0 fully saturated rings. The summed E-state index contributed by atoms with van der Waals surface area (Å²) in [7, 11) is 0. The Morgan fingerprint density at radius 2 is 2.25 bits per heavy atom. The smallest absolute Gasteiger partial charge is 0.307 e. The monoisotopic (exact) mass is 282 g/mol. The Kier molecular flexibility index (Phi) is 4.74. The van der Waals surface area contributed by atoms with Gasteiger partial charge in [-0.25, -0.2) is 0 Å². The molecule has 2 nitrogen and oxygen atoms in total. The van der Waals surface area contributed by atoms with Crippen LogP contribution in [-0.4, -0.2) is 11.1 Å². The summed E-state index contributed by atoms with van der Waals surface area (Å²) in [6, 6.07) is 7.74. The summed E-state index contributed by atoms with van der Waals surface area (Å²) in [6.45, 7) is 5.62. The SMILES string of the molecule is C=C(C)CC(Cc1cccc(Br)c1)C(=O)O. The maximum atomic E-state index is 11.1. The highest BCUT2D eigenvalue weighted by atomic mass is 79.9.